The number of nitrogens with zero attached hydrogens (tertiary/aromatic N) is 4. The fourth-order valence-electron chi connectivity index (χ4n) is 2.97. The lowest BCUT2D eigenvalue weighted by Crippen LogP contribution is -2.10. The van der Waals surface area contributed by atoms with E-state index in [1.807, 2.05) is 24.7 Å². The zero-order valence-corrected chi connectivity index (χ0v) is 13.6. The minimum absolute atomic E-state index is 0.536. The van der Waals surface area contributed by atoms with Crippen LogP contribution in [0.5, 0.6) is 0 Å². The summed E-state index contributed by atoms with van der Waals surface area (Å²) < 4.78 is 1.88. The van der Waals surface area contributed by atoms with Gasteiger partial charge in [0.25, 0.3) is 0 Å². The summed E-state index contributed by atoms with van der Waals surface area (Å²) >= 11 is 0. The first-order valence-electron chi connectivity index (χ1n) is 8.21. The van der Waals surface area contributed by atoms with E-state index in [9.17, 15) is 0 Å². The highest BCUT2D eigenvalue weighted by Gasteiger charge is 2.28. The van der Waals surface area contributed by atoms with Crippen LogP contribution in [0.2, 0.25) is 0 Å². The van der Waals surface area contributed by atoms with E-state index in [1.165, 1.54) is 18.4 Å². The smallest absolute Gasteiger partial charge is 0.156 e. The van der Waals surface area contributed by atoms with Crippen molar-refractivity contribution in [2.45, 2.75) is 32.1 Å². The van der Waals surface area contributed by atoms with E-state index in [2.05, 4.69) is 34.7 Å². The monoisotopic (exact) mass is 307 g/mol. The maximum Gasteiger partial charge on any atom is 0.156 e. The zero-order valence-electron chi connectivity index (χ0n) is 13.6. The molecule has 3 aromatic rings. The number of nitrogens with one attached hydrogen (secondary N) is 1. The fourth-order valence-corrected chi connectivity index (χ4v) is 2.97. The Morgan fingerprint density at radius 1 is 1.17 bits per heavy atom. The first-order chi connectivity index (χ1) is 11.2. The van der Waals surface area contributed by atoms with Crippen molar-refractivity contribution in [3.63, 3.8) is 0 Å². The minimum atomic E-state index is 0.536. The van der Waals surface area contributed by atoms with Crippen LogP contribution in [-0.4, -0.2) is 26.3 Å². The summed E-state index contributed by atoms with van der Waals surface area (Å²) in [4.78, 5) is 9.54. The number of aromatic nitrogens is 4. The van der Waals surface area contributed by atoms with Gasteiger partial charge in [-0.25, -0.2) is 9.97 Å². The van der Waals surface area contributed by atoms with Crippen molar-refractivity contribution in [3.8, 4) is 0 Å². The molecule has 0 aliphatic heterocycles. The predicted octanol–water partition coefficient (Wildman–Crippen LogP) is 3.20. The van der Waals surface area contributed by atoms with Gasteiger partial charge in [-0.1, -0.05) is 30.3 Å². The summed E-state index contributed by atoms with van der Waals surface area (Å²) in [5.41, 5.74) is 4.28. The molecule has 0 saturated heterocycles. The maximum absolute atomic E-state index is 4.79. The Morgan fingerprint density at radius 3 is 2.70 bits per heavy atom. The van der Waals surface area contributed by atoms with E-state index >= 15 is 0 Å². The first-order valence-corrected chi connectivity index (χ1v) is 8.21. The number of benzene rings is 1. The van der Waals surface area contributed by atoms with E-state index in [4.69, 9.17) is 9.97 Å². The third kappa shape index (κ3) is 2.79. The molecule has 1 aliphatic rings. The van der Waals surface area contributed by atoms with E-state index < -0.39 is 0 Å². The van der Waals surface area contributed by atoms with Crippen LogP contribution >= 0.6 is 0 Å². The summed E-state index contributed by atoms with van der Waals surface area (Å²) in [6.45, 7) is 2.87. The summed E-state index contributed by atoms with van der Waals surface area (Å²) in [5, 5.41) is 8.01. The van der Waals surface area contributed by atoms with Crippen molar-refractivity contribution in [2.24, 2.45) is 7.05 Å². The van der Waals surface area contributed by atoms with Crippen LogP contribution in [0.25, 0.3) is 11.0 Å². The third-order valence-electron chi connectivity index (χ3n) is 4.36. The summed E-state index contributed by atoms with van der Waals surface area (Å²) in [6.07, 6.45) is 3.38. The molecule has 2 heterocycles. The van der Waals surface area contributed by atoms with Crippen molar-refractivity contribution < 1.29 is 0 Å². The maximum atomic E-state index is 4.79. The number of aryl methyl sites for hydroxylation is 2. The number of anilines is 1. The topological polar surface area (TPSA) is 55.6 Å². The second kappa shape index (κ2) is 5.65. The Balaban J connectivity index is 1.62. The van der Waals surface area contributed by atoms with Crippen molar-refractivity contribution in [2.75, 3.05) is 11.9 Å². The molecule has 5 nitrogen and oxygen atoms in total. The normalized spacial score (nSPS) is 14.3. The average molecular weight is 307 g/mol. The van der Waals surface area contributed by atoms with Crippen LogP contribution < -0.4 is 5.32 Å². The zero-order chi connectivity index (χ0) is 15.8. The van der Waals surface area contributed by atoms with Gasteiger partial charge in [-0.15, -0.1) is 0 Å². The lowest BCUT2D eigenvalue weighted by molar-refractivity contribution is 0.781. The molecule has 0 spiro atoms. The highest BCUT2D eigenvalue weighted by molar-refractivity contribution is 5.87. The Hall–Kier alpha value is -2.43. The number of fused-ring (bicyclic) bond motifs is 1. The molecule has 118 valence electrons. The van der Waals surface area contributed by atoms with Gasteiger partial charge in [0.05, 0.1) is 5.69 Å². The van der Waals surface area contributed by atoms with Crippen molar-refractivity contribution in [3.05, 3.63) is 47.4 Å². The Labute approximate surface area is 135 Å². The van der Waals surface area contributed by atoms with Gasteiger partial charge in [0.2, 0.25) is 0 Å². The van der Waals surface area contributed by atoms with Crippen LogP contribution in [0.3, 0.4) is 0 Å². The Bertz CT molecular complexity index is 833. The number of hydrogen-bond donors (Lipinski definition) is 1. The molecule has 1 N–H and O–H groups in total. The number of hydrogen-bond acceptors (Lipinski definition) is 4. The van der Waals surface area contributed by atoms with Crippen LogP contribution in [0, 0.1) is 6.92 Å². The molecule has 0 amide bonds. The van der Waals surface area contributed by atoms with Crippen LogP contribution in [0.1, 0.15) is 35.8 Å². The van der Waals surface area contributed by atoms with Gasteiger partial charge in [0.15, 0.2) is 5.82 Å². The molecule has 0 unspecified atom stereocenters. The van der Waals surface area contributed by atoms with Crippen molar-refractivity contribution in [1.82, 2.24) is 19.7 Å². The SMILES string of the molecule is Cc1nn(C)c2c(NCCc3ccccc3)nc(C3CC3)nc12. The molecule has 1 fully saturated rings. The molecule has 2 aromatic heterocycles. The van der Waals surface area contributed by atoms with E-state index in [0.717, 1.165) is 41.3 Å². The quantitative estimate of drug-likeness (QED) is 0.786. The highest BCUT2D eigenvalue weighted by atomic mass is 15.3. The lowest BCUT2D eigenvalue weighted by atomic mass is 10.1. The fraction of sp³-hybridized carbons (Fsp3) is 0.389. The molecular weight excluding hydrogens is 286 g/mol. The highest BCUT2D eigenvalue weighted by Crippen LogP contribution is 2.39. The molecule has 23 heavy (non-hydrogen) atoms. The summed E-state index contributed by atoms with van der Waals surface area (Å²) in [6, 6.07) is 10.5. The predicted molar refractivity (Wildman–Crippen MR) is 91.7 cm³/mol. The molecule has 4 rings (SSSR count). The summed E-state index contributed by atoms with van der Waals surface area (Å²) in [7, 11) is 1.96. The number of rotatable bonds is 5. The van der Waals surface area contributed by atoms with Gasteiger partial charge in [-0.05, 0) is 31.7 Å². The molecule has 1 aromatic carbocycles. The molecule has 0 bridgehead atoms. The van der Waals surface area contributed by atoms with Gasteiger partial charge in [-0.3, -0.25) is 4.68 Å². The van der Waals surface area contributed by atoms with Gasteiger partial charge in [0.1, 0.15) is 16.9 Å². The third-order valence-corrected chi connectivity index (χ3v) is 4.36. The minimum Gasteiger partial charge on any atom is -0.368 e. The Morgan fingerprint density at radius 2 is 1.96 bits per heavy atom. The first kappa shape index (κ1) is 14.2. The van der Waals surface area contributed by atoms with E-state index in [0.29, 0.717) is 5.92 Å². The molecule has 1 aliphatic carbocycles. The molecule has 5 heteroatoms. The molecule has 1 saturated carbocycles. The van der Waals surface area contributed by atoms with Gasteiger partial charge < -0.3 is 5.32 Å². The van der Waals surface area contributed by atoms with Crippen LogP contribution in [0.15, 0.2) is 30.3 Å². The second-order valence-electron chi connectivity index (χ2n) is 6.27. The van der Waals surface area contributed by atoms with Crippen molar-refractivity contribution in [1.29, 1.82) is 0 Å². The largest absolute Gasteiger partial charge is 0.368 e. The Kier molecular flexibility index (Phi) is 3.48. The van der Waals surface area contributed by atoms with Crippen molar-refractivity contribution >= 4 is 16.9 Å². The van der Waals surface area contributed by atoms with E-state index in [-0.39, 0.29) is 0 Å². The van der Waals surface area contributed by atoms with Gasteiger partial charge in [0, 0.05) is 19.5 Å². The second-order valence-corrected chi connectivity index (χ2v) is 6.27. The van der Waals surface area contributed by atoms with Crippen LogP contribution in [-0.2, 0) is 13.5 Å². The van der Waals surface area contributed by atoms with E-state index in [1.54, 1.807) is 0 Å². The van der Waals surface area contributed by atoms with Crippen LogP contribution in [0.4, 0.5) is 5.82 Å². The average Bonchev–Trinajstić information content (AvgIpc) is 3.36. The summed E-state index contributed by atoms with van der Waals surface area (Å²) in [5.74, 6) is 2.42. The van der Waals surface area contributed by atoms with Gasteiger partial charge >= 0.3 is 0 Å². The molecular formula is C18H21N5. The molecule has 0 radical (unpaired) electrons. The molecule has 0 atom stereocenters. The lowest BCUT2D eigenvalue weighted by Gasteiger charge is -2.09. The van der Waals surface area contributed by atoms with Gasteiger partial charge in [-0.2, -0.15) is 5.10 Å². The standard InChI is InChI=1S/C18H21N5/c1-12-15-16(23(2)22-12)18(21-17(20-15)14-8-9-14)19-11-10-13-6-4-3-5-7-13/h3-7,14H,8-11H2,1-2H3,(H,19,20,21).